The zero-order chi connectivity index (χ0) is 21.4. The molecule has 1 amide bonds. The van der Waals surface area contributed by atoms with E-state index in [9.17, 15) is 9.90 Å². The molecule has 0 saturated heterocycles. The lowest BCUT2D eigenvalue weighted by Crippen LogP contribution is -2.47. The molecule has 31 heavy (non-hydrogen) atoms. The van der Waals surface area contributed by atoms with E-state index >= 15 is 0 Å². The van der Waals surface area contributed by atoms with Crippen molar-refractivity contribution in [1.29, 1.82) is 5.26 Å². The molecule has 5 nitrogen and oxygen atoms in total. The van der Waals surface area contributed by atoms with Crippen molar-refractivity contribution in [3.63, 3.8) is 0 Å². The topological polar surface area (TPSA) is 77.2 Å². The molecule has 0 aromatic carbocycles. The number of nitrogens with zero attached hydrogens (tertiary/aromatic N) is 3. The summed E-state index contributed by atoms with van der Waals surface area (Å²) in [6.45, 7) is 0.608. The number of aliphatic hydroxyl groups is 1. The number of carbonyl (C=O) groups excluding carboxylic acids is 1. The first kappa shape index (κ1) is 20.0. The molecule has 2 atom stereocenters. The lowest BCUT2D eigenvalue weighted by Gasteiger charge is -2.35. The molecule has 2 unspecified atom stereocenters. The van der Waals surface area contributed by atoms with Gasteiger partial charge >= 0.3 is 0 Å². The monoisotopic (exact) mass is 413 g/mol. The van der Waals surface area contributed by atoms with Gasteiger partial charge in [-0.05, 0) is 78.5 Å². The fourth-order valence-electron chi connectivity index (χ4n) is 5.34. The highest BCUT2D eigenvalue weighted by Gasteiger charge is 2.40. The van der Waals surface area contributed by atoms with Gasteiger partial charge in [-0.15, -0.1) is 0 Å². The SMILES string of the molecule is N#Cc1ccc(CC2=CC3=C(CN(C4CCCCC4O)C3=O)C3=CCCC=C2C3)cn1. The van der Waals surface area contributed by atoms with E-state index in [0.717, 1.165) is 67.2 Å². The number of nitriles is 1. The van der Waals surface area contributed by atoms with Gasteiger partial charge in [-0.3, -0.25) is 4.79 Å². The number of fused-ring (bicyclic) bond motifs is 3. The van der Waals surface area contributed by atoms with E-state index in [2.05, 4.69) is 29.3 Å². The molecule has 1 aliphatic heterocycles. The van der Waals surface area contributed by atoms with Crippen LogP contribution >= 0.6 is 0 Å². The Hall–Kier alpha value is -2.97. The molecule has 2 bridgehead atoms. The van der Waals surface area contributed by atoms with E-state index in [-0.39, 0.29) is 11.9 Å². The zero-order valence-electron chi connectivity index (χ0n) is 17.7. The summed E-state index contributed by atoms with van der Waals surface area (Å²) in [4.78, 5) is 19.6. The van der Waals surface area contributed by atoms with Crippen LogP contribution in [0, 0.1) is 11.3 Å². The van der Waals surface area contributed by atoms with Gasteiger partial charge in [0.25, 0.3) is 5.91 Å². The Labute approximate surface area is 183 Å². The predicted octanol–water partition coefficient (Wildman–Crippen LogP) is 3.91. The second-order valence-corrected chi connectivity index (χ2v) is 8.97. The van der Waals surface area contributed by atoms with Crippen LogP contribution in [0.5, 0.6) is 0 Å². The molecule has 2 heterocycles. The molecule has 5 heteroatoms. The summed E-state index contributed by atoms with van der Waals surface area (Å²) in [5.74, 6) is 0.0594. The van der Waals surface area contributed by atoms with Gasteiger partial charge < -0.3 is 10.0 Å². The first-order valence-electron chi connectivity index (χ1n) is 11.3. The first-order valence-corrected chi connectivity index (χ1v) is 11.3. The van der Waals surface area contributed by atoms with Crippen LogP contribution in [0.3, 0.4) is 0 Å². The molecule has 0 spiro atoms. The smallest absolute Gasteiger partial charge is 0.254 e. The van der Waals surface area contributed by atoms with Gasteiger partial charge in [0.1, 0.15) is 11.8 Å². The van der Waals surface area contributed by atoms with Crippen molar-refractivity contribution < 1.29 is 9.90 Å². The average Bonchev–Trinajstić information content (AvgIpc) is 2.94. The highest BCUT2D eigenvalue weighted by atomic mass is 16.3. The van der Waals surface area contributed by atoms with E-state index in [1.54, 1.807) is 12.3 Å². The van der Waals surface area contributed by atoms with Gasteiger partial charge in [-0.25, -0.2) is 4.98 Å². The van der Waals surface area contributed by atoms with E-state index in [0.29, 0.717) is 18.7 Å². The maximum atomic E-state index is 13.5. The number of amides is 1. The molecule has 4 aliphatic rings. The Morgan fingerprint density at radius 2 is 1.97 bits per heavy atom. The second-order valence-electron chi connectivity index (χ2n) is 8.97. The van der Waals surface area contributed by atoms with Crippen LogP contribution in [0.25, 0.3) is 0 Å². The van der Waals surface area contributed by atoms with Gasteiger partial charge in [-0.2, -0.15) is 5.26 Å². The van der Waals surface area contributed by atoms with Crippen molar-refractivity contribution in [3.8, 4) is 6.07 Å². The number of pyridine rings is 1. The minimum absolute atomic E-state index is 0.0594. The maximum Gasteiger partial charge on any atom is 0.254 e. The molecule has 158 valence electrons. The van der Waals surface area contributed by atoms with Crippen LogP contribution in [0.2, 0.25) is 0 Å². The molecule has 5 rings (SSSR count). The zero-order valence-corrected chi connectivity index (χ0v) is 17.7. The summed E-state index contributed by atoms with van der Waals surface area (Å²) in [5, 5.41) is 19.6. The third-order valence-electron chi connectivity index (χ3n) is 7.02. The van der Waals surface area contributed by atoms with Crippen LogP contribution in [0.15, 0.2) is 64.4 Å². The standard InChI is InChI=1S/C26H27N3O2/c27-14-21-10-9-17(15-28-21)11-20-13-22-23(19-6-2-1-5-18(20)12-19)16-29(26(22)31)24-7-3-4-8-25(24)30/h5-6,9-10,13,15,24-25,30H,1-4,7-8,11-12,16H2. The lowest BCUT2D eigenvalue weighted by atomic mass is 9.90. The predicted molar refractivity (Wildman–Crippen MR) is 118 cm³/mol. The molecule has 1 N–H and O–H groups in total. The Morgan fingerprint density at radius 3 is 2.71 bits per heavy atom. The maximum absolute atomic E-state index is 13.5. The van der Waals surface area contributed by atoms with Crippen molar-refractivity contribution >= 4 is 5.91 Å². The Balaban J connectivity index is 1.49. The fraction of sp³-hybridized carbons (Fsp3) is 0.423. The number of allylic oxidation sites excluding steroid dienone is 4. The van der Waals surface area contributed by atoms with Crippen molar-refractivity contribution in [1.82, 2.24) is 9.88 Å². The number of aromatic nitrogens is 1. The summed E-state index contributed by atoms with van der Waals surface area (Å²) in [7, 11) is 0. The number of carbonyl (C=O) groups is 1. The summed E-state index contributed by atoms with van der Waals surface area (Å²) in [6.07, 6.45) is 15.3. The molecule has 0 radical (unpaired) electrons. The Bertz CT molecular complexity index is 1070. The summed E-state index contributed by atoms with van der Waals surface area (Å²) in [6, 6.07) is 5.68. The van der Waals surface area contributed by atoms with E-state index < -0.39 is 6.10 Å². The van der Waals surface area contributed by atoms with Gasteiger partial charge in [0, 0.05) is 18.3 Å². The van der Waals surface area contributed by atoms with E-state index in [1.807, 2.05) is 11.0 Å². The molecule has 1 aromatic rings. The molecule has 1 aromatic heterocycles. The summed E-state index contributed by atoms with van der Waals surface area (Å²) < 4.78 is 0. The average molecular weight is 414 g/mol. The van der Waals surface area contributed by atoms with Gasteiger partial charge in [-0.1, -0.05) is 31.1 Å². The van der Waals surface area contributed by atoms with Crippen LogP contribution < -0.4 is 0 Å². The molecular formula is C26H27N3O2. The number of hydrogen-bond donors (Lipinski definition) is 1. The third-order valence-corrected chi connectivity index (χ3v) is 7.02. The van der Waals surface area contributed by atoms with Gasteiger partial charge in [0.15, 0.2) is 0 Å². The van der Waals surface area contributed by atoms with Gasteiger partial charge in [0.05, 0.1) is 12.1 Å². The Kier molecular flexibility index (Phi) is 5.33. The number of aliphatic hydroxyl groups excluding tert-OH is 1. The van der Waals surface area contributed by atoms with Gasteiger partial charge in [0.2, 0.25) is 0 Å². The quantitative estimate of drug-likeness (QED) is 0.815. The lowest BCUT2D eigenvalue weighted by molar-refractivity contribution is -0.130. The molecule has 3 aliphatic carbocycles. The van der Waals surface area contributed by atoms with Crippen LogP contribution in [-0.4, -0.2) is 39.6 Å². The molecular weight excluding hydrogens is 386 g/mol. The highest BCUT2D eigenvalue weighted by molar-refractivity contribution is 6.01. The Morgan fingerprint density at radius 1 is 1.16 bits per heavy atom. The normalized spacial score (nSPS) is 25.7. The van der Waals surface area contributed by atoms with Crippen LogP contribution in [0.4, 0.5) is 0 Å². The minimum atomic E-state index is -0.423. The van der Waals surface area contributed by atoms with Crippen molar-refractivity contribution in [2.45, 2.75) is 63.5 Å². The van der Waals surface area contributed by atoms with E-state index in [4.69, 9.17) is 5.26 Å². The highest BCUT2D eigenvalue weighted by Crippen LogP contribution is 2.40. The molecule has 1 fully saturated rings. The van der Waals surface area contributed by atoms with Crippen molar-refractivity contribution in [2.75, 3.05) is 6.54 Å². The van der Waals surface area contributed by atoms with Crippen LogP contribution in [-0.2, 0) is 11.2 Å². The largest absolute Gasteiger partial charge is 0.391 e. The minimum Gasteiger partial charge on any atom is -0.391 e. The van der Waals surface area contributed by atoms with E-state index in [1.165, 1.54) is 11.1 Å². The summed E-state index contributed by atoms with van der Waals surface area (Å²) >= 11 is 0. The fourth-order valence-corrected chi connectivity index (χ4v) is 5.34. The molecule has 1 saturated carbocycles. The first-order chi connectivity index (χ1) is 15.1. The van der Waals surface area contributed by atoms with Crippen molar-refractivity contribution in [2.24, 2.45) is 0 Å². The van der Waals surface area contributed by atoms with Crippen LogP contribution in [0.1, 0.15) is 56.2 Å². The third kappa shape index (κ3) is 3.77. The number of rotatable bonds is 3. The second kappa shape index (κ2) is 8.28. The van der Waals surface area contributed by atoms with Crippen molar-refractivity contribution in [3.05, 3.63) is 75.7 Å². The summed E-state index contributed by atoms with van der Waals surface area (Å²) in [5.41, 5.74) is 7.10. The number of hydrogen-bond acceptors (Lipinski definition) is 4.